The summed E-state index contributed by atoms with van der Waals surface area (Å²) >= 11 is 3.41. The van der Waals surface area contributed by atoms with Gasteiger partial charge in [0.25, 0.3) is 0 Å². The van der Waals surface area contributed by atoms with E-state index in [2.05, 4.69) is 26.1 Å². The average molecular weight is 353 g/mol. The minimum absolute atomic E-state index is 0.143. The Morgan fingerprint density at radius 2 is 1.91 bits per heavy atom. The highest BCUT2D eigenvalue weighted by atomic mass is 79.9. The smallest absolute Gasteiger partial charge is 0.206 e. The first kappa shape index (κ1) is 14.6. The number of carbonyl (C=O) groups is 1. The van der Waals surface area contributed by atoms with Crippen molar-refractivity contribution < 1.29 is 4.79 Å². The number of aryl methyl sites for hydroxylation is 1. The Hall–Kier alpha value is -2.33. The molecule has 1 heterocycles. The summed E-state index contributed by atoms with van der Waals surface area (Å²) in [7, 11) is 0. The quantitative estimate of drug-likeness (QED) is 0.511. The number of aromatic nitrogens is 2. The van der Waals surface area contributed by atoms with Gasteiger partial charge >= 0.3 is 0 Å². The number of nitrogens with zero attached hydrogens (tertiary/aromatic N) is 2. The van der Waals surface area contributed by atoms with Crippen LogP contribution < -0.4 is 0 Å². The third kappa shape index (κ3) is 2.97. The number of allylic oxidation sites excluding steroid dienone is 1. The van der Waals surface area contributed by atoms with E-state index in [0.29, 0.717) is 5.69 Å². The van der Waals surface area contributed by atoms with Gasteiger partial charge in [-0.25, -0.2) is 0 Å². The SMILES string of the molecule is Cc1c(C(=O)/C=C/c2cccc(Br)c2)nnc2ccccc12. The molecule has 0 fully saturated rings. The van der Waals surface area contributed by atoms with Crippen molar-refractivity contribution >= 4 is 38.7 Å². The van der Waals surface area contributed by atoms with Gasteiger partial charge in [0.15, 0.2) is 0 Å². The lowest BCUT2D eigenvalue weighted by atomic mass is 10.1. The maximum atomic E-state index is 12.4. The molecule has 0 saturated heterocycles. The topological polar surface area (TPSA) is 42.9 Å². The maximum absolute atomic E-state index is 12.4. The Bertz CT molecular complexity index is 887. The standard InChI is InChI=1S/C18H13BrN2O/c1-12-15-7-2-3-8-16(15)20-21-18(12)17(22)10-9-13-5-4-6-14(19)11-13/h2-11H,1H3/b10-9+. The van der Waals surface area contributed by atoms with Gasteiger partial charge in [-0.3, -0.25) is 4.79 Å². The first-order chi connectivity index (χ1) is 10.6. The molecule has 0 unspecified atom stereocenters. The first-order valence-electron chi connectivity index (χ1n) is 6.85. The summed E-state index contributed by atoms with van der Waals surface area (Å²) in [5, 5.41) is 9.15. The van der Waals surface area contributed by atoms with Gasteiger partial charge in [-0.1, -0.05) is 52.3 Å². The highest BCUT2D eigenvalue weighted by Crippen LogP contribution is 2.19. The molecule has 0 aliphatic rings. The van der Waals surface area contributed by atoms with Crippen LogP contribution in [0.15, 0.2) is 59.1 Å². The van der Waals surface area contributed by atoms with Crippen LogP contribution >= 0.6 is 15.9 Å². The summed E-state index contributed by atoms with van der Waals surface area (Å²) < 4.78 is 0.976. The fourth-order valence-corrected chi connectivity index (χ4v) is 2.70. The number of ketones is 1. The van der Waals surface area contributed by atoms with Gasteiger partial charge in [0.05, 0.1) is 5.52 Å². The lowest BCUT2D eigenvalue weighted by molar-refractivity contribution is 0.104. The van der Waals surface area contributed by atoms with E-state index >= 15 is 0 Å². The monoisotopic (exact) mass is 352 g/mol. The van der Waals surface area contributed by atoms with Crippen LogP contribution in [0.5, 0.6) is 0 Å². The minimum Gasteiger partial charge on any atom is -0.287 e. The van der Waals surface area contributed by atoms with Gasteiger partial charge in [0.2, 0.25) is 5.78 Å². The van der Waals surface area contributed by atoms with Crippen LogP contribution in [0.25, 0.3) is 17.0 Å². The summed E-state index contributed by atoms with van der Waals surface area (Å²) in [5.74, 6) is -0.143. The van der Waals surface area contributed by atoms with E-state index in [1.165, 1.54) is 6.08 Å². The molecule has 0 amide bonds. The Kier molecular flexibility index (Phi) is 4.11. The summed E-state index contributed by atoms with van der Waals surface area (Å²) in [6, 6.07) is 15.4. The minimum atomic E-state index is -0.143. The van der Waals surface area contributed by atoms with E-state index in [0.717, 1.165) is 26.5 Å². The van der Waals surface area contributed by atoms with E-state index in [4.69, 9.17) is 0 Å². The van der Waals surface area contributed by atoms with Crippen LogP contribution in [0.2, 0.25) is 0 Å². The van der Waals surface area contributed by atoms with E-state index in [1.807, 2.05) is 55.5 Å². The first-order valence-corrected chi connectivity index (χ1v) is 7.64. The number of rotatable bonds is 3. The van der Waals surface area contributed by atoms with Gasteiger partial charge < -0.3 is 0 Å². The Balaban J connectivity index is 1.94. The highest BCUT2D eigenvalue weighted by molar-refractivity contribution is 9.10. The third-order valence-electron chi connectivity index (χ3n) is 3.43. The van der Waals surface area contributed by atoms with E-state index in [1.54, 1.807) is 6.08 Å². The molecule has 0 N–H and O–H groups in total. The molecule has 22 heavy (non-hydrogen) atoms. The summed E-state index contributed by atoms with van der Waals surface area (Å²) in [6.07, 6.45) is 3.32. The molecule has 3 aromatic rings. The fraction of sp³-hybridized carbons (Fsp3) is 0.0556. The van der Waals surface area contributed by atoms with Crippen molar-refractivity contribution in [2.75, 3.05) is 0 Å². The Morgan fingerprint density at radius 1 is 1.09 bits per heavy atom. The zero-order chi connectivity index (χ0) is 15.5. The molecule has 0 bridgehead atoms. The molecule has 108 valence electrons. The molecule has 0 aliphatic heterocycles. The zero-order valence-electron chi connectivity index (χ0n) is 12.0. The molecular weight excluding hydrogens is 340 g/mol. The predicted octanol–water partition coefficient (Wildman–Crippen LogP) is 4.60. The third-order valence-corrected chi connectivity index (χ3v) is 3.92. The number of hydrogen-bond acceptors (Lipinski definition) is 3. The van der Waals surface area contributed by atoms with Gasteiger partial charge in [0.1, 0.15) is 5.69 Å². The predicted molar refractivity (Wildman–Crippen MR) is 91.8 cm³/mol. The second-order valence-electron chi connectivity index (χ2n) is 4.94. The second-order valence-corrected chi connectivity index (χ2v) is 5.86. The molecular formula is C18H13BrN2O. The van der Waals surface area contributed by atoms with Crippen molar-refractivity contribution in [1.29, 1.82) is 0 Å². The molecule has 1 aromatic heterocycles. The Morgan fingerprint density at radius 3 is 2.73 bits per heavy atom. The molecule has 3 nitrogen and oxygen atoms in total. The molecule has 0 radical (unpaired) electrons. The van der Waals surface area contributed by atoms with Crippen LogP contribution in [0, 0.1) is 6.92 Å². The van der Waals surface area contributed by atoms with Crippen molar-refractivity contribution in [1.82, 2.24) is 10.2 Å². The zero-order valence-corrected chi connectivity index (χ0v) is 13.5. The van der Waals surface area contributed by atoms with Crippen LogP contribution in [-0.2, 0) is 0 Å². The number of fused-ring (bicyclic) bond motifs is 1. The lowest BCUT2D eigenvalue weighted by Gasteiger charge is -2.04. The van der Waals surface area contributed by atoms with Crippen molar-refractivity contribution in [3.05, 3.63) is 75.9 Å². The van der Waals surface area contributed by atoms with E-state index < -0.39 is 0 Å². The molecule has 3 rings (SSSR count). The van der Waals surface area contributed by atoms with E-state index in [-0.39, 0.29) is 5.78 Å². The van der Waals surface area contributed by atoms with Gasteiger partial charge in [-0.2, -0.15) is 0 Å². The van der Waals surface area contributed by atoms with Gasteiger partial charge in [-0.05, 0) is 42.3 Å². The average Bonchev–Trinajstić information content (AvgIpc) is 2.53. The maximum Gasteiger partial charge on any atom is 0.206 e. The van der Waals surface area contributed by atoms with Crippen molar-refractivity contribution in [3.63, 3.8) is 0 Å². The van der Waals surface area contributed by atoms with Crippen LogP contribution in [0.4, 0.5) is 0 Å². The molecule has 0 atom stereocenters. The van der Waals surface area contributed by atoms with Crippen LogP contribution in [0.3, 0.4) is 0 Å². The molecule has 0 spiro atoms. The number of hydrogen-bond donors (Lipinski definition) is 0. The highest BCUT2D eigenvalue weighted by Gasteiger charge is 2.11. The van der Waals surface area contributed by atoms with E-state index in [9.17, 15) is 4.79 Å². The Labute approximate surface area is 136 Å². The van der Waals surface area contributed by atoms with Gasteiger partial charge in [0, 0.05) is 9.86 Å². The van der Waals surface area contributed by atoms with Crippen molar-refractivity contribution in [2.45, 2.75) is 6.92 Å². The number of benzene rings is 2. The summed E-state index contributed by atoms with van der Waals surface area (Å²) in [5.41, 5.74) is 3.00. The molecule has 4 heteroatoms. The molecule has 2 aromatic carbocycles. The fourth-order valence-electron chi connectivity index (χ4n) is 2.28. The second kappa shape index (κ2) is 6.20. The molecule has 0 saturated carbocycles. The summed E-state index contributed by atoms with van der Waals surface area (Å²) in [6.45, 7) is 1.90. The number of halogens is 1. The van der Waals surface area contributed by atoms with Crippen LogP contribution in [-0.4, -0.2) is 16.0 Å². The van der Waals surface area contributed by atoms with Gasteiger partial charge in [-0.15, -0.1) is 10.2 Å². The normalized spacial score (nSPS) is 11.2. The van der Waals surface area contributed by atoms with Crippen LogP contribution in [0.1, 0.15) is 21.6 Å². The lowest BCUT2D eigenvalue weighted by Crippen LogP contribution is -2.04. The summed E-state index contributed by atoms with van der Waals surface area (Å²) in [4.78, 5) is 12.4. The molecule has 0 aliphatic carbocycles. The van der Waals surface area contributed by atoms with Crippen molar-refractivity contribution in [2.24, 2.45) is 0 Å². The largest absolute Gasteiger partial charge is 0.287 e. The van der Waals surface area contributed by atoms with Crippen molar-refractivity contribution in [3.8, 4) is 0 Å². The number of carbonyl (C=O) groups excluding carboxylic acids is 1.